The van der Waals surface area contributed by atoms with E-state index in [0.29, 0.717) is 37.8 Å². The predicted molar refractivity (Wildman–Crippen MR) is 94.7 cm³/mol. The van der Waals surface area contributed by atoms with E-state index in [0.717, 1.165) is 0 Å². The summed E-state index contributed by atoms with van der Waals surface area (Å²) in [5, 5.41) is 2.82. The molecule has 0 aromatic heterocycles. The molecular formula is C18H27N3O4. The number of urea groups is 1. The first-order chi connectivity index (χ1) is 11.9. The second-order valence-corrected chi connectivity index (χ2v) is 6.38. The number of methoxy groups -OCH3 is 1. The average molecular weight is 349 g/mol. The molecule has 1 atom stereocenters. The quantitative estimate of drug-likeness (QED) is 0.848. The van der Waals surface area contributed by atoms with Crippen molar-refractivity contribution in [1.82, 2.24) is 15.1 Å². The van der Waals surface area contributed by atoms with E-state index in [1.165, 1.54) is 12.7 Å². The van der Waals surface area contributed by atoms with Crippen LogP contribution in [0.4, 0.5) is 9.59 Å². The van der Waals surface area contributed by atoms with E-state index in [9.17, 15) is 9.59 Å². The van der Waals surface area contributed by atoms with Crippen LogP contribution in [0.25, 0.3) is 0 Å². The molecule has 1 aliphatic heterocycles. The Hall–Kier alpha value is -2.44. The fourth-order valence-electron chi connectivity index (χ4n) is 2.65. The maximum absolute atomic E-state index is 12.3. The molecular weight excluding hydrogens is 322 g/mol. The third kappa shape index (κ3) is 5.27. The molecule has 1 N–H and O–H groups in total. The summed E-state index contributed by atoms with van der Waals surface area (Å²) >= 11 is 0. The van der Waals surface area contributed by atoms with Gasteiger partial charge in [0, 0.05) is 26.2 Å². The van der Waals surface area contributed by atoms with Gasteiger partial charge in [0.1, 0.15) is 5.75 Å². The van der Waals surface area contributed by atoms with Gasteiger partial charge in [-0.1, -0.05) is 26.0 Å². The zero-order valence-electron chi connectivity index (χ0n) is 15.3. The number of nitrogens with zero attached hydrogens (tertiary/aromatic N) is 2. The molecule has 138 valence electrons. The van der Waals surface area contributed by atoms with Gasteiger partial charge >= 0.3 is 12.1 Å². The van der Waals surface area contributed by atoms with Crippen molar-refractivity contribution < 1.29 is 19.1 Å². The number of rotatable bonds is 4. The number of carbonyl (C=O) groups is 2. The number of amides is 3. The summed E-state index contributed by atoms with van der Waals surface area (Å²) in [5.74, 6) is 1.18. The molecule has 1 saturated heterocycles. The lowest BCUT2D eigenvalue weighted by Gasteiger charge is -2.34. The number of ether oxygens (including phenoxy) is 2. The molecule has 0 spiro atoms. The Morgan fingerprint density at radius 2 is 1.56 bits per heavy atom. The molecule has 7 heteroatoms. The van der Waals surface area contributed by atoms with Crippen molar-refractivity contribution in [3.05, 3.63) is 29.8 Å². The average Bonchev–Trinajstić information content (AvgIpc) is 2.61. The maximum atomic E-state index is 12.3. The summed E-state index contributed by atoms with van der Waals surface area (Å²) in [5.41, 5.74) is 1.24. The van der Waals surface area contributed by atoms with E-state index in [1.807, 2.05) is 24.3 Å². The number of carbonyl (C=O) groups excluding carboxylic acids is 2. The molecule has 1 heterocycles. The van der Waals surface area contributed by atoms with Crippen molar-refractivity contribution in [2.24, 2.45) is 0 Å². The third-order valence-corrected chi connectivity index (χ3v) is 4.19. The summed E-state index contributed by atoms with van der Waals surface area (Å²) in [6, 6.07) is 7.68. The molecule has 25 heavy (non-hydrogen) atoms. The molecule has 2 rings (SSSR count). The van der Waals surface area contributed by atoms with Crippen LogP contribution in [0, 0.1) is 0 Å². The zero-order chi connectivity index (χ0) is 18.4. The summed E-state index contributed by atoms with van der Waals surface area (Å²) in [7, 11) is 1.36. The molecule has 0 aliphatic carbocycles. The Bertz CT molecular complexity index is 580. The van der Waals surface area contributed by atoms with Crippen molar-refractivity contribution >= 4 is 12.1 Å². The predicted octanol–water partition coefficient (Wildman–Crippen LogP) is 2.63. The van der Waals surface area contributed by atoms with Gasteiger partial charge in [-0.05, 0) is 30.5 Å². The van der Waals surface area contributed by atoms with E-state index in [2.05, 4.69) is 23.9 Å². The van der Waals surface area contributed by atoms with Gasteiger partial charge in [-0.25, -0.2) is 9.59 Å². The highest BCUT2D eigenvalue weighted by atomic mass is 16.5. The van der Waals surface area contributed by atoms with E-state index >= 15 is 0 Å². The molecule has 1 fully saturated rings. The molecule has 1 unspecified atom stereocenters. The SMILES string of the molecule is COC(=O)N1CCN(C(=O)NC(C)Oc2ccc(C(C)C)cc2)CC1. The van der Waals surface area contributed by atoms with E-state index < -0.39 is 6.23 Å². The molecule has 1 aromatic carbocycles. The molecule has 1 aromatic rings. The minimum absolute atomic E-state index is 0.198. The fourth-order valence-corrected chi connectivity index (χ4v) is 2.65. The van der Waals surface area contributed by atoms with Crippen molar-refractivity contribution in [3.63, 3.8) is 0 Å². The highest BCUT2D eigenvalue weighted by molar-refractivity contribution is 5.75. The first-order valence-corrected chi connectivity index (χ1v) is 8.55. The van der Waals surface area contributed by atoms with E-state index in [4.69, 9.17) is 4.74 Å². The second-order valence-electron chi connectivity index (χ2n) is 6.38. The molecule has 1 aliphatic rings. The first kappa shape index (κ1) is 18.9. The molecule has 0 saturated carbocycles. The summed E-state index contributed by atoms with van der Waals surface area (Å²) < 4.78 is 10.4. The van der Waals surface area contributed by atoms with Gasteiger partial charge in [0.15, 0.2) is 6.23 Å². The molecule has 3 amide bonds. The normalized spacial score (nSPS) is 15.7. The molecule has 7 nitrogen and oxygen atoms in total. The number of hydrogen-bond acceptors (Lipinski definition) is 4. The highest BCUT2D eigenvalue weighted by Gasteiger charge is 2.25. The number of benzene rings is 1. The number of nitrogens with one attached hydrogen (secondary N) is 1. The fraction of sp³-hybridized carbons (Fsp3) is 0.556. The van der Waals surface area contributed by atoms with E-state index in [-0.39, 0.29) is 12.1 Å². The van der Waals surface area contributed by atoms with Crippen molar-refractivity contribution in [1.29, 1.82) is 0 Å². The maximum Gasteiger partial charge on any atom is 0.409 e. The lowest BCUT2D eigenvalue weighted by Crippen LogP contribution is -2.54. The Balaban J connectivity index is 1.79. The van der Waals surface area contributed by atoms with Crippen molar-refractivity contribution in [2.45, 2.75) is 32.9 Å². The summed E-state index contributed by atoms with van der Waals surface area (Å²) in [6.07, 6.45) is -0.808. The minimum atomic E-state index is -0.448. The standard InChI is InChI=1S/C18H27N3O4/c1-13(2)15-5-7-16(8-6-15)25-14(3)19-17(22)20-9-11-21(12-10-20)18(23)24-4/h5-8,13-14H,9-12H2,1-4H3,(H,19,22). The van der Waals surface area contributed by atoms with Crippen LogP contribution in [0.2, 0.25) is 0 Å². The van der Waals surface area contributed by atoms with Crippen LogP contribution in [-0.2, 0) is 4.74 Å². The largest absolute Gasteiger partial charge is 0.471 e. The third-order valence-electron chi connectivity index (χ3n) is 4.19. The Morgan fingerprint density at radius 3 is 2.08 bits per heavy atom. The second kappa shape index (κ2) is 8.60. The smallest absolute Gasteiger partial charge is 0.409 e. The molecule has 0 bridgehead atoms. The van der Waals surface area contributed by atoms with Crippen LogP contribution in [0.1, 0.15) is 32.3 Å². The number of piperazine rings is 1. The van der Waals surface area contributed by atoms with Crippen LogP contribution >= 0.6 is 0 Å². The minimum Gasteiger partial charge on any atom is -0.471 e. The molecule has 0 radical (unpaired) electrons. The zero-order valence-corrected chi connectivity index (χ0v) is 15.3. The van der Waals surface area contributed by atoms with E-state index in [1.54, 1.807) is 16.7 Å². The van der Waals surface area contributed by atoms with Gasteiger partial charge in [-0.3, -0.25) is 0 Å². The summed E-state index contributed by atoms with van der Waals surface area (Å²) in [4.78, 5) is 27.0. The van der Waals surface area contributed by atoms with Crippen LogP contribution in [0.5, 0.6) is 5.75 Å². The van der Waals surface area contributed by atoms with Crippen LogP contribution in [0.3, 0.4) is 0 Å². The van der Waals surface area contributed by atoms with Gasteiger partial charge in [0.25, 0.3) is 0 Å². The van der Waals surface area contributed by atoms with Gasteiger partial charge < -0.3 is 24.6 Å². The Kier molecular flexibility index (Phi) is 6.50. The van der Waals surface area contributed by atoms with Gasteiger partial charge in [-0.15, -0.1) is 0 Å². The topological polar surface area (TPSA) is 71.1 Å². The van der Waals surface area contributed by atoms with Gasteiger partial charge in [0.05, 0.1) is 7.11 Å². The lowest BCUT2D eigenvalue weighted by molar-refractivity contribution is 0.0926. The van der Waals surface area contributed by atoms with Crippen molar-refractivity contribution in [3.8, 4) is 5.75 Å². The van der Waals surface area contributed by atoms with Gasteiger partial charge in [-0.2, -0.15) is 0 Å². The van der Waals surface area contributed by atoms with Crippen LogP contribution in [-0.4, -0.2) is 61.4 Å². The lowest BCUT2D eigenvalue weighted by atomic mass is 10.0. The van der Waals surface area contributed by atoms with Crippen molar-refractivity contribution in [2.75, 3.05) is 33.3 Å². The monoisotopic (exact) mass is 349 g/mol. The van der Waals surface area contributed by atoms with Crippen LogP contribution < -0.4 is 10.1 Å². The number of hydrogen-bond donors (Lipinski definition) is 1. The highest BCUT2D eigenvalue weighted by Crippen LogP contribution is 2.19. The van der Waals surface area contributed by atoms with Gasteiger partial charge in [0.2, 0.25) is 0 Å². The Labute approximate surface area is 148 Å². The Morgan fingerprint density at radius 1 is 1.00 bits per heavy atom. The summed E-state index contributed by atoms with van der Waals surface area (Å²) in [6.45, 7) is 7.93. The first-order valence-electron chi connectivity index (χ1n) is 8.55. The van der Waals surface area contributed by atoms with Crippen LogP contribution in [0.15, 0.2) is 24.3 Å².